The fourth-order valence-corrected chi connectivity index (χ4v) is 2.35. The molecule has 0 bridgehead atoms. The van der Waals surface area contributed by atoms with E-state index in [0.29, 0.717) is 0 Å². The van der Waals surface area contributed by atoms with Gasteiger partial charge < -0.3 is 14.9 Å². The highest BCUT2D eigenvalue weighted by atomic mass is 16.5. The molecule has 1 atom stereocenters. The number of aromatic nitrogens is 3. The first kappa shape index (κ1) is 18.4. The van der Waals surface area contributed by atoms with Crippen molar-refractivity contribution in [3.63, 3.8) is 0 Å². The van der Waals surface area contributed by atoms with Gasteiger partial charge in [0, 0.05) is 13.7 Å². The molecule has 2 rings (SSSR count). The maximum atomic E-state index is 12.4. The Morgan fingerprint density at radius 1 is 1.30 bits per heavy atom. The average Bonchev–Trinajstić information content (AvgIpc) is 2.79. The van der Waals surface area contributed by atoms with E-state index in [2.05, 4.69) is 4.74 Å². The number of aliphatic hydroxyl groups is 1. The summed E-state index contributed by atoms with van der Waals surface area (Å²) in [6.07, 6.45) is 2.71. The minimum absolute atomic E-state index is 0.126. The number of hydrogen-bond donors (Lipinski definition) is 2. The van der Waals surface area contributed by atoms with Gasteiger partial charge in [0.2, 0.25) is 0 Å². The first-order valence-corrected chi connectivity index (χ1v) is 6.68. The van der Waals surface area contributed by atoms with E-state index >= 15 is 0 Å². The summed E-state index contributed by atoms with van der Waals surface area (Å²) in [6, 6.07) is 0. The highest BCUT2D eigenvalue weighted by molar-refractivity contribution is 5.80. The number of rotatable bonds is 4. The molecule has 2 heterocycles. The molecule has 0 spiro atoms. The van der Waals surface area contributed by atoms with E-state index in [4.69, 9.17) is 10.2 Å². The zero-order valence-corrected chi connectivity index (χ0v) is 13.1. The summed E-state index contributed by atoms with van der Waals surface area (Å²) in [5, 5.41) is 15.7. The van der Waals surface area contributed by atoms with E-state index in [0.717, 1.165) is 21.0 Å². The second kappa shape index (κ2) is 7.09. The van der Waals surface area contributed by atoms with Crippen molar-refractivity contribution in [2.45, 2.75) is 32.0 Å². The summed E-state index contributed by atoms with van der Waals surface area (Å²) < 4.78 is 7.59. The summed E-state index contributed by atoms with van der Waals surface area (Å²) in [7, 11) is 2.19. The lowest BCUT2D eigenvalue weighted by molar-refractivity contribution is -0.149. The number of allylic oxidation sites excluding steroid dienone is 1. The van der Waals surface area contributed by atoms with Crippen LogP contribution in [0.25, 0.3) is 0 Å². The Bertz CT molecular complexity index is 740. The second-order valence-corrected chi connectivity index (χ2v) is 4.80. The number of aliphatic carboxylic acids is 1. The molecular formula is C13H19N3O7. The minimum atomic E-state index is -1.43. The summed E-state index contributed by atoms with van der Waals surface area (Å²) in [6.45, 7) is 1.32. The standard InChI is InChI=1S/C12H15N3O6.CH4O/c1-12(9(18)21-2)5-3-6-14-10(19)13(7-4-8(16)17)11(20)15(12)14;1-2/h3,5H,4,6-7H2,1-2H3,(H,16,17);2H,1H3. The van der Waals surface area contributed by atoms with Gasteiger partial charge in [-0.2, -0.15) is 0 Å². The van der Waals surface area contributed by atoms with Crippen LogP contribution in [0.2, 0.25) is 0 Å². The van der Waals surface area contributed by atoms with Crippen LogP contribution in [0.3, 0.4) is 0 Å². The molecular weight excluding hydrogens is 310 g/mol. The van der Waals surface area contributed by atoms with Crippen molar-refractivity contribution >= 4 is 11.9 Å². The minimum Gasteiger partial charge on any atom is -0.481 e. The monoisotopic (exact) mass is 329 g/mol. The number of esters is 1. The van der Waals surface area contributed by atoms with Gasteiger partial charge in [-0.15, -0.1) is 0 Å². The van der Waals surface area contributed by atoms with E-state index in [-0.39, 0.29) is 19.5 Å². The summed E-state index contributed by atoms with van der Waals surface area (Å²) in [4.78, 5) is 47.1. The Morgan fingerprint density at radius 3 is 2.43 bits per heavy atom. The van der Waals surface area contributed by atoms with Gasteiger partial charge in [-0.05, 0) is 13.0 Å². The molecule has 1 aliphatic heterocycles. The predicted molar refractivity (Wildman–Crippen MR) is 78.2 cm³/mol. The molecule has 2 N–H and O–H groups in total. The smallest absolute Gasteiger partial charge is 0.348 e. The van der Waals surface area contributed by atoms with Gasteiger partial charge in [0.1, 0.15) is 0 Å². The van der Waals surface area contributed by atoms with E-state index < -0.39 is 28.9 Å². The predicted octanol–water partition coefficient (Wildman–Crippen LogP) is -1.65. The fraction of sp³-hybridized carbons (Fsp3) is 0.538. The maximum absolute atomic E-state index is 12.4. The number of hydrogen-bond acceptors (Lipinski definition) is 6. The van der Waals surface area contributed by atoms with Gasteiger partial charge in [0.25, 0.3) is 0 Å². The lowest BCUT2D eigenvalue weighted by Crippen LogP contribution is -2.49. The van der Waals surface area contributed by atoms with Crippen LogP contribution in [0.5, 0.6) is 0 Å². The van der Waals surface area contributed by atoms with Crippen LogP contribution in [0.4, 0.5) is 0 Å². The Balaban J connectivity index is 0.00000127. The van der Waals surface area contributed by atoms with E-state index in [1.54, 1.807) is 6.08 Å². The highest BCUT2D eigenvalue weighted by Crippen LogP contribution is 2.20. The van der Waals surface area contributed by atoms with E-state index in [9.17, 15) is 19.2 Å². The van der Waals surface area contributed by atoms with Crippen LogP contribution in [0, 0.1) is 0 Å². The number of aliphatic hydroxyl groups excluding tert-OH is 1. The van der Waals surface area contributed by atoms with Gasteiger partial charge in [-0.3, -0.25) is 4.79 Å². The molecule has 10 nitrogen and oxygen atoms in total. The molecule has 0 saturated heterocycles. The number of nitrogens with zero attached hydrogens (tertiary/aromatic N) is 3. The first-order valence-electron chi connectivity index (χ1n) is 6.68. The number of carbonyl (C=O) groups excluding carboxylic acids is 1. The number of carboxylic acid groups (broad SMARTS) is 1. The molecule has 0 fully saturated rings. The van der Waals surface area contributed by atoms with Crippen LogP contribution in [0.15, 0.2) is 21.7 Å². The normalized spacial score (nSPS) is 18.6. The maximum Gasteiger partial charge on any atom is 0.348 e. The zero-order valence-electron chi connectivity index (χ0n) is 13.1. The third kappa shape index (κ3) is 3.11. The molecule has 1 aromatic rings. The third-order valence-corrected chi connectivity index (χ3v) is 3.41. The molecule has 1 aromatic heterocycles. The van der Waals surface area contributed by atoms with Gasteiger partial charge in [0.15, 0.2) is 5.54 Å². The molecule has 10 heteroatoms. The van der Waals surface area contributed by atoms with E-state index in [1.165, 1.54) is 20.1 Å². The summed E-state index contributed by atoms with van der Waals surface area (Å²) >= 11 is 0. The number of methoxy groups -OCH3 is 1. The zero-order chi connectivity index (χ0) is 17.8. The average molecular weight is 329 g/mol. The SMILES string of the molecule is CO.COC(=O)C1(C)C=CCn2c(=O)n(CCC(=O)O)c(=O)n21. The Labute approximate surface area is 130 Å². The molecule has 23 heavy (non-hydrogen) atoms. The van der Waals surface area contributed by atoms with Crippen molar-refractivity contribution in [1.29, 1.82) is 0 Å². The second-order valence-electron chi connectivity index (χ2n) is 4.80. The van der Waals surface area contributed by atoms with Crippen molar-refractivity contribution in [2.75, 3.05) is 14.2 Å². The molecule has 1 aliphatic rings. The molecule has 0 radical (unpaired) electrons. The Morgan fingerprint density at radius 2 is 1.91 bits per heavy atom. The largest absolute Gasteiger partial charge is 0.481 e. The molecule has 0 saturated carbocycles. The van der Waals surface area contributed by atoms with E-state index in [1.807, 2.05) is 0 Å². The van der Waals surface area contributed by atoms with Crippen LogP contribution < -0.4 is 11.4 Å². The summed E-state index contributed by atoms with van der Waals surface area (Å²) in [5.74, 6) is -1.81. The number of fused-ring (bicyclic) bond motifs is 1. The van der Waals surface area contributed by atoms with Crippen LogP contribution >= 0.6 is 0 Å². The topological polar surface area (TPSA) is 133 Å². The van der Waals surface area contributed by atoms with Crippen LogP contribution in [0.1, 0.15) is 13.3 Å². The fourth-order valence-electron chi connectivity index (χ4n) is 2.35. The quantitative estimate of drug-likeness (QED) is 0.499. The molecule has 0 aromatic carbocycles. The Kier molecular flexibility index (Phi) is 5.68. The van der Waals surface area contributed by atoms with Crippen molar-refractivity contribution in [1.82, 2.24) is 13.9 Å². The van der Waals surface area contributed by atoms with Crippen LogP contribution in [-0.4, -0.2) is 50.3 Å². The van der Waals surface area contributed by atoms with Crippen molar-refractivity contribution in [3.8, 4) is 0 Å². The first-order chi connectivity index (χ1) is 10.8. The van der Waals surface area contributed by atoms with Crippen molar-refractivity contribution < 1.29 is 24.5 Å². The van der Waals surface area contributed by atoms with Crippen molar-refractivity contribution in [3.05, 3.63) is 33.1 Å². The number of carbonyl (C=O) groups is 2. The Hall–Kier alpha value is -2.62. The summed E-state index contributed by atoms with van der Waals surface area (Å²) in [5.41, 5.74) is -2.82. The molecule has 0 amide bonds. The molecule has 0 aliphatic carbocycles. The highest BCUT2D eigenvalue weighted by Gasteiger charge is 2.40. The number of ether oxygens (including phenoxy) is 1. The molecule has 128 valence electrons. The number of carboxylic acids is 1. The van der Waals surface area contributed by atoms with Gasteiger partial charge in [-0.25, -0.2) is 28.3 Å². The van der Waals surface area contributed by atoms with Gasteiger partial charge in [0.05, 0.1) is 20.1 Å². The molecule has 1 unspecified atom stereocenters. The van der Waals surface area contributed by atoms with Crippen molar-refractivity contribution in [2.24, 2.45) is 0 Å². The lowest BCUT2D eigenvalue weighted by Gasteiger charge is -2.28. The van der Waals surface area contributed by atoms with Gasteiger partial charge in [-0.1, -0.05) is 6.08 Å². The lowest BCUT2D eigenvalue weighted by atomic mass is 10.0. The van der Waals surface area contributed by atoms with Gasteiger partial charge >= 0.3 is 23.3 Å². The third-order valence-electron chi connectivity index (χ3n) is 3.41. The van der Waals surface area contributed by atoms with Crippen LogP contribution in [-0.2, 0) is 33.0 Å².